The molecular weight excluding hydrogens is 315 g/mol. The number of imidazole rings is 1. The molecule has 0 amide bonds. The minimum Gasteiger partial charge on any atom is -0.326 e. The molecule has 1 heterocycles. The zero-order chi connectivity index (χ0) is 15.8. The van der Waals surface area contributed by atoms with Crippen molar-refractivity contribution in [2.45, 2.75) is 32.7 Å². The van der Waals surface area contributed by atoms with Gasteiger partial charge in [0.05, 0.1) is 22.2 Å². The van der Waals surface area contributed by atoms with Crippen LogP contribution >= 0.6 is 11.6 Å². The third-order valence-corrected chi connectivity index (χ3v) is 5.36. The zero-order valence-corrected chi connectivity index (χ0v) is 13.8. The fraction of sp³-hybridized carbons (Fsp3) is 0.500. The van der Waals surface area contributed by atoms with Gasteiger partial charge < -0.3 is 4.57 Å². The highest BCUT2D eigenvalue weighted by Gasteiger charge is 2.18. The Kier molecular flexibility index (Phi) is 4.58. The van der Waals surface area contributed by atoms with E-state index in [1.165, 1.54) is 6.07 Å². The third kappa shape index (κ3) is 3.37. The summed E-state index contributed by atoms with van der Waals surface area (Å²) in [5.74, 6) is 0.339. The molecule has 0 saturated heterocycles. The molecule has 0 radical (unpaired) electrons. The maximum absolute atomic E-state index is 13.6. The number of halogens is 2. The Morgan fingerprint density at radius 2 is 2.10 bits per heavy atom. The molecule has 116 valence electrons. The number of nitrogens with zero attached hydrogens (tertiary/aromatic N) is 2. The van der Waals surface area contributed by atoms with Crippen molar-refractivity contribution in [3.05, 3.63) is 29.3 Å². The monoisotopic (exact) mass is 332 g/mol. The molecule has 0 fully saturated rings. The predicted octanol–water partition coefficient (Wildman–Crippen LogP) is 3.22. The first kappa shape index (κ1) is 16.2. The van der Waals surface area contributed by atoms with E-state index in [0.29, 0.717) is 22.4 Å². The molecule has 0 bridgehead atoms. The van der Waals surface area contributed by atoms with E-state index in [1.54, 1.807) is 31.4 Å². The van der Waals surface area contributed by atoms with Crippen LogP contribution < -0.4 is 0 Å². The topological polar surface area (TPSA) is 52.0 Å². The van der Waals surface area contributed by atoms with E-state index < -0.39 is 9.84 Å². The SMILES string of the molecule is CCS(=O)(=O)CCn1c(C(C)Cl)nc2cc(F)c(C)cc21. The van der Waals surface area contributed by atoms with Crippen molar-refractivity contribution in [2.75, 3.05) is 11.5 Å². The second-order valence-corrected chi connectivity index (χ2v) is 8.19. The van der Waals surface area contributed by atoms with Gasteiger partial charge in [-0.15, -0.1) is 11.6 Å². The molecule has 0 aliphatic rings. The van der Waals surface area contributed by atoms with Crippen LogP contribution in [0.25, 0.3) is 11.0 Å². The first-order chi connectivity index (χ1) is 9.75. The Labute approximate surface area is 128 Å². The smallest absolute Gasteiger partial charge is 0.151 e. The normalized spacial score (nSPS) is 13.8. The van der Waals surface area contributed by atoms with Crippen molar-refractivity contribution in [3.8, 4) is 0 Å². The fourth-order valence-electron chi connectivity index (χ4n) is 2.18. The molecule has 1 atom stereocenters. The van der Waals surface area contributed by atoms with E-state index in [2.05, 4.69) is 4.98 Å². The standard InChI is InChI=1S/C14H18ClFN2O2S/c1-4-21(19,20)6-5-18-13-7-9(2)11(16)8-12(13)17-14(18)10(3)15/h7-8,10H,4-6H2,1-3H3. The summed E-state index contributed by atoms with van der Waals surface area (Å²) in [6.45, 7) is 5.31. The quantitative estimate of drug-likeness (QED) is 0.790. The van der Waals surface area contributed by atoms with Gasteiger partial charge in [-0.25, -0.2) is 17.8 Å². The second-order valence-electron chi connectivity index (χ2n) is 5.06. The van der Waals surface area contributed by atoms with Gasteiger partial charge in [0.2, 0.25) is 0 Å². The van der Waals surface area contributed by atoms with Crippen molar-refractivity contribution >= 4 is 32.5 Å². The zero-order valence-electron chi connectivity index (χ0n) is 12.2. The van der Waals surface area contributed by atoms with Crippen molar-refractivity contribution in [3.63, 3.8) is 0 Å². The van der Waals surface area contributed by atoms with Crippen LogP contribution in [0.1, 0.15) is 30.6 Å². The fourth-order valence-corrected chi connectivity index (χ4v) is 3.10. The molecule has 1 aromatic carbocycles. The lowest BCUT2D eigenvalue weighted by Crippen LogP contribution is -2.16. The lowest BCUT2D eigenvalue weighted by Gasteiger charge is -2.10. The summed E-state index contributed by atoms with van der Waals surface area (Å²) in [4.78, 5) is 4.34. The molecule has 1 aromatic heterocycles. The summed E-state index contributed by atoms with van der Waals surface area (Å²) in [5, 5.41) is -0.384. The van der Waals surface area contributed by atoms with Gasteiger partial charge in [0.15, 0.2) is 9.84 Å². The summed E-state index contributed by atoms with van der Waals surface area (Å²) >= 11 is 6.12. The number of fused-ring (bicyclic) bond motifs is 1. The lowest BCUT2D eigenvalue weighted by atomic mass is 10.2. The van der Waals surface area contributed by atoms with Crippen LogP contribution in [-0.4, -0.2) is 29.5 Å². The maximum atomic E-state index is 13.6. The summed E-state index contributed by atoms with van der Waals surface area (Å²) in [7, 11) is -3.09. The van der Waals surface area contributed by atoms with Gasteiger partial charge in [-0.05, 0) is 25.5 Å². The van der Waals surface area contributed by atoms with E-state index in [4.69, 9.17) is 11.6 Å². The number of hydrogen-bond acceptors (Lipinski definition) is 3. The van der Waals surface area contributed by atoms with Gasteiger partial charge in [-0.2, -0.15) is 0 Å². The van der Waals surface area contributed by atoms with Crippen molar-refractivity contribution in [1.29, 1.82) is 0 Å². The summed E-state index contributed by atoms with van der Waals surface area (Å²) < 4.78 is 38.8. The molecule has 0 aliphatic carbocycles. The number of alkyl halides is 1. The molecule has 2 aromatic rings. The van der Waals surface area contributed by atoms with E-state index in [1.807, 2.05) is 0 Å². The van der Waals surface area contributed by atoms with Crippen LogP contribution in [0.3, 0.4) is 0 Å². The molecule has 21 heavy (non-hydrogen) atoms. The van der Waals surface area contributed by atoms with E-state index in [-0.39, 0.29) is 29.2 Å². The highest BCUT2D eigenvalue weighted by Crippen LogP contribution is 2.26. The van der Waals surface area contributed by atoms with Crippen LogP contribution in [0.15, 0.2) is 12.1 Å². The minimum atomic E-state index is -3.09. The minimum absolute atomic E-state index is 0.0159. The largest absolute Gasteiger partial charge is 0.326 e. The van der Waals surface area contributed by atoms with Crippen LogP contribution in [-0.2, 0) is 16.4 Å². The van der Waals surface area contributed by atoms with Crippen LogP contribution in [0.4, 0.5) is 4.39 Å². The summed E-state index contributed by atoms with van der Waals surface area (Å²) in [6, 6.07) is 3.04. The molecule has 0 spiro atoms. The first-order valence-corrected chi connectivity index (χ1v) is 9.01. The molecule has 0 saturated carbocycles. The van der Waals surface area contributed by atoms with E-state index in [0.717, 1.165) is 0 Å². The molecule has 4 nitrogen and oxygen atoms in total. The molecule has 0 N–H and O–H groups in total. The maximum Gasteiger partial charge on any atom is 0.151 e. The molecule has 7 heteroatoms. The van der Waals surface area contributed by atoms with Crippen LogP contribution in [0.2, 0.25) is 0 Å². The van der Waals surface area contributed by atoms with Crippen LogP contribution in [0.5, 0.6) is 0 Å². The van der Waals surface area contributed by atoms with Crippen LogP contribution in [0, 0.1) is 12.7 Å². The predicted molar refractivity (Wildman–Crippen MR) is 83.0 cm³/mol. The number of aromatic nitrogens is 2. The summed E-state index contributed by atoms with van der Waals surface area (Å²) in [6.07, 6.45) is 0. The van der Waals surface area contributed by atoms with E-state index in [9.17, 15) is 12.8 Å². The van der Waals surface area contributed by atoms with Gasteiger partial charge in [0.1, 0.15) is 11.6 Å². The average molecular weight is 333 g/mol. The van der Waals surface area contributed by atoms with E-state index >= 15 is 0 Å². The Morgan fingerprint density at radius 3 is 2.67 bits per heavy atom. The number of rotatable bonds is 5. The van der Waals surface area contributed by atoms with Gasteiger partial charge >= 0.3 is 0 Å². The molecule has 2 rings (SSSR count). The van der Waals surface area contributed by atoms with Crippen molar-refractivity contribution in [1.82, 2.24) is 9.55 Å². The molecular formula is C14H18ClFN2O2S. The molecule has 1 unspecified atom stereocenters. The summed E-state index contributed by atoms with van der Waals surface area (Å²) in [5.41, 5.74) is 1.70. The Bertz CT molecular complexity index is 769. The van der Waals surface area contributed by atoms with Crippen molar-refractivity contribution in [2.24, 2.45) is 0 Å². The first-order valence-electron chi connectivity index (χ1n) is 6.76. The Balaban J connectivity index is 2.53. The second kappa shape index (κ2) is 5.93. The number of benzene rings is 1. The Morgan fingerprint density at radius 1 is 1.43 bits per heavy atom. The number of hydrogen-bond donors (Lipinski definition) is 0. The average Bonchev–Trinajstić information content (AvgIpc) is 2.75. The van der Waals surface area contributed by atoms with Gasteiger partial charge in [0, 0.05) is 18.4 Å². The highest BCUT2D eigenvalue weighted by molar-refractivity contribution is 7.91. The van der Waals surface area contributed by atoms with Gasteiger partial charge in [0.25, 0.3) is 0 Å². The number of sulfone groups is 1. The third-order valence-electron chi connectivity index (χ3n) is 3.48. The highest BCUT2D eigenvalue weighted by atomic mass is 35.5. The lowest BCUT2D eigenvalue weighted by molar-refractivity contribution is 0.589. The van der Waals surface area contributed by atoms with Gasteiger partial charge in [-0.1, -0.05) is 6.92 Å². The Hall–Kier alpha value is -1.14. The van der Waals surface area contributed by atoms with Crippen molar-refractivity contribution < 1.29 is 12.8 Å². The van der Waals surface area contributed by atoms with Gasteiger partial charge in [-0.3, -0.25) is 0 Å². The molecule has 0 aliphatic heterocycles. The number of aryl methyl sites for hydroxylation is 2.